The smallest absolute Gasteiger partial charge is 0.246 e. The third-order valence-corrected chi connectivity index (χ3v) is 8.24. The predicted octanol–water partition coefficient (Wildman–Crippen LogP) is 3.85. The summed E-state index contributed by atoms with van der Waals surface area (Å²) in [6.07, 6.45) is 5.23. The molecule has 0 radical (unpaired) electrons. The van der Waals surface area contributed by atoms with Crippen LogP contribution in [-0.2, 0) is 27.2 Å². The number of hydrogen-bond donors (Lipinski definition) is 3. The summed E-state index contributed by atoms with van der Waals surface area (Å²) in [4.78, 5) is 44.0. The lowest BCUT2D eigenvalue weighted by Gasteiger charge is -2.33. The lowest BCUT2D eigenvalue weighted by atomic mass is 9.95. The van der Waals surface area contributed by atoms with Crippen LogP contribution in [0.5, 0.6) is 0 Å². The van der Waals surface area contributed by atoms with E-state index in [-0.39, 0.29) is 30.4 Å². The van der Waals surface area contributed by atoms with Crippen molar-refractivity contribution in [2.24, 2.45) is 11.7 Å². The zero-order valence-electron chi connectivity index (χ0n) is 26.1. The molecule has 0 spiro atoms. The van der Waals surface area contributed by atoms with Crippen LogP contribution < -0.4 is 11.1 Å². The molecule has 1 aliphatic heterocycles. The van der Waals surface area contributed by atoms with E-state index in [1.165, 1.54) is 11.0 Å². The van der Waals surface area contributed by atoms with Crippen molar-refractivity contribution in [1.82, 2.24) is 15.1 Å². The van der Waals surface area contributed by atoms with Crippen molar-refractivity contribution in [3.05, 3.63) is 96.1 Å². The number of benzene rings is 3. The maximum Gasteiger partial charge on any atom is 0.246 e. The zero-order chi connectivity index (χ0) is 31.7. The number of carbonyl (C=O) groups is 3. The second-order valence-corrected chi connectivity index (χ2v) is 12.6. The lowest BCUT2D eigenvalue weighted by molar-refractivity contribution is -0.139. The molecule has 3 aromatic rings. The number of fused-ring (bicyclic) bond motifs is 1. The van der Waals surface area contributed by atoms with Crippen molar-refractivity contribution >= 4 is 28.5 Å². The standard InChI is InChI=1S/C36H46N4O4/c1-36(2,37)19-9-14-33(42)39(3)32(24-27-15-16-28-12-7-8-13-29(28)23-27)34(43)38-25-30(22-26-10-5-4-6-11-26)35(44)40-20-17-31(41)18-21-40/h4-16,23,30-32,41H,17-22,24-25,37H2,1-3H3,(H,38,43)/t30-,32-/m1/s1. The summed E-state index contributed by atoms with van der Waals surface area (Å²) >= 11 is 0. The molecule has 0 bridgehead atoms. The van der Waals surface area contributed by atoms with E-state index in [4.69, 9.17) is 5.73 Å². The number of piperidine rings is 1. The first-order valence-corrected chi connectivity index (χ1v) is 15.5. The van der Waals surface area contributed by atoms with Crippen molar-refractivity contribution in [1.29, 1.82) is 0 Å². The number of hydrogen-bond acceptors (Lipinski definition) is 5. The molecular formula is C36H46N4O4. The number of carbonyl (C=O) groups excluding carboxylic acids is 3. The van der Waals surface area contributed by atoms with Crippen LogP contribution in [0, 0.1) is 5.92 Å². The Balaban J connectivity index is 1.54. The van der Waals surface area contributed by atoms with Gasteiger partial charge in [-0.05, 0) is 67.5 Å². The maximum absolute atomic E-state index is 13.9. The van der Waals surface area contributed by atoms with Gasteiger partial charge in [0.05, 0.1) is 12.0 Å². The van der Waals surface area contributed by atoms with E-state index in [2.05, 4.69) is 5.32 Å². The maximum atomic E-state index is 13.9. The number of nitrogens with zero attached hydrogens (tertiary/aromatic N) is 2. The second-order valence-electron chi connectivity index (χ2n) is 12.6. The summed E-state index contributed by atoms with van der Waals surface area (Å²) in [6.45, 7) is 4.90. The molecule has 4 N–H and O–H groups in total. The molecule has 1 saturated heterocycles. The number of aliphatic hydroxyl groups excluding tert-OH is 1. The van der Waals surface area contributed by atoms with Crippen molar-refractivity contribution in [3.63, 3.8) is 0 Å². The second kappa shape index (κ2) is 15.1. The van der Waals surface area contributed by atoms with Crippen LogP contribution in [0.15, 0.2) is 84.9 Å². The summed E-state index contributed by atoms with van der Waals surface area (Å²) in [5, 5.41) is 15.1. The van der Waals surface area contributed by atoms with Gasteiger partial charge in [-0.3, -0.25) is 14.4 Å². The topological polar surface area (TPSA) is 116 Å². The first-order valence-electron chi connectivity index (χ1n) is 15.5. The minimum absolute atomic E-state index is 0.0381. The molecule has 1 aliphatic rings. The summed E-state index contributed by atoms with van der Waals surface area (Å²) in [5.74, 6) is -1.13. The fraction of sp³-hybridized carbons (Fsp3) is 0.417. The molecule has 1 heterocycles. The Morgan fingerprint density at radius 1 is 0.977 bits per heavy atom. The van der Waals surface area contributed by atoms with Gasteiger partial charge in [-0.15, -0.1) is 0 Å². The minimum Gasteiger partial charge on any atom is -0.393 e. The number of aliphatic hydroxyl groups is 1. The lowest BCUT2D eigenvalue weighted by Crippen LogP contribution is -2.51. The van der Waals surface area contributed by atoms with Gasteiger partial charge in [0, 0.05) is 38.6 Å². The van der Waals surface area contributed by atoms with Gasteiger partial charge in [-0.25, -0.2) is 0 Å². The van der Waals surface area contributed by atoms with Crippen molar-refractivity contribution in [2.45, 2.75) is 63.6 Å². The Morgan fingerprint density at radius 3 is 2.32 bits per heavy atom. The average molecular weight is 599 g/mol. The van der Waals surface area contributed by atoms with Gasteiger partial charge in [0.25, 0.3) is 0 Å². The van der Waals surface area contributed by atoms with Crippen LogP contribution in [0.2, 0.25) is 0 Å². The number of likely N-dealkylation sites (N-methyl/N-ethyl adjacent to an activating group) is 1. The Kier molecular flexibility index (Phi) is 11.3. The molecule has 0 unspecified atom stereocenters. The van der Waals surface area contributed by atoms with E-state index in [9.17, 15) is 19.5 Å². The van der Waals surface area contributed by atoms with Crippen molar-refractivity contribution in [3.8, 4) is 0 Å². The molecule has 3 aromatic carbocycles. The molecule has 0 aliphatic carbocycles. The number of likely N-dealkylation sites (tertiary alicyclic amines) is 1. The molecule has 4 rings (SSSR count). The molecule has 2 atom stereocenters. The SMILES string of the molecule is CN(C(=O)C=CCC(C)(C)N)[C@H](Cc1ccc2ccccc2c1)C(=O)NC[C@@H](Cc1ccccc1)C(=O)N1CCC(O)CC1. The molecule has 3 amide bonds. The third kappa shape index (κ3) is 9.49. The third-order valence-electron chi connectivity index (χ3n) is 8.24. The largest absolute Gasteiger partial charge is 0.393 e. The van der Waals surface area contributed by atoms with Crippen LogP contribution in [0.3, 0.4) is 0 Å². The van der Waals surface area contributed by atoms with Crippen LogP contribution >= 0.6 is 0 Å². The summed E-state index contributed by atoms with van der Waals surface area (Å²) in [7, 11) is 1.64. The molecule has 234 valence electrons. The first-order chi connectivity index (χ1) is 21.0. The molecule has 44 heavy (non-hydrogen) atoms. The van der Waals surface area contributed by atoms with E-state index in [0.717, 1.165) is 21.9 Å². The Morgan fingerprint density at radius 2 is 1.64 bits per heavy atom. The molecule has 8 heteroatoms. The Bertz CT molecular complexity index is 1440. The fourth-order valence-electron chi connectivity index (χ4n) is 5.56. The predicted molar refractivity (Wildman–Crippen MR) is 175 cm³/mol. The normalized spacial score (nSPS) is 15.7. The number of amides is 3. The van der Waals surface area contributed by atoms with Crippen LogP contribution in [-0.4, -0.2) is 77.0 Å². The van der Waals surface area contributed by atoms with Gasteiger partial charge in [0.2, 0.25) is 17.7 Å². The highest BCUT2D eigenvalue weighted by Crippen LogP contribution is 2.20. The number of nitrogens with two attached hydrogens (primary N) is 1. The van der Waals surface area contributed by atoms with E-state index >= 15 is 0 Å². The van der Waals surface area contributed by atoms with Gasteiger partial charge in [-0.1, -0.05) is 78.9 Å². The van der Waals surface area contributed by atoms with Gasteiger partial charge in [0.1, 0.15) is 6.04 Å². The van der Waals surface area contributed by atoms with Gasteiger partial charge in [-0.2, -0.15) is 0 Å². The Hall–Kier alpha value is -4.01. The van der Waals surface area contributed by atoms with Gasteiger partial charge in [0.15, 0.2) is 0 Å². The van der Waals surface area contributed by atoms with Crippen LogP contribution in [0.4, 0.5) is 0 Å². The van der Waals surface area contributed by atoms with Crippen LogP contribution in [0.1, 0.15) is 44.2 Å². The number of nitrogens with one attached hydrogen (secondary N) is 1. The van der Waals surface area contributed by atoms with Crippen molar-refractivity contribution in [2.75, 3.05) is 26.7 Å². The Labute approximate surface area is 260 Å². The van der Waals surface area contributed by atoms with Crippen LogP contribution in [0.25, 0.3) is 10.8 Å². The van der Waals surface area contributed by atoms with Gasteiger partial charge >= 0.3 is 0 Å². The highest BCUT2D eigenvalue weighted by atomic mass is 16.3. The average Bonchev–Trinajstić information content (AvgIpc) is 3.01. The zero-order valence-corrected chi connectivity index (χ0v) is 26.1. The summed E-state index contributed by atoms with van der Waals surface area (Å²) < 4.78 is 0. The van der Waals surface area contributed by atoms with Gasteiger partial charge < -0.3 is 26.0 Å². The van der Waals surface area contributed by atoms with E-state index < -0.39 is 17.5 Å². The molecule has 0 aromatic heterocycles. The minimum atomic E-state index is -0.795. The molecule has 0 saturated carbocycles. The highest BCUT2D eigenvalue weighted by molar-refractivity contribution is 5.93. The molecular weight excluding hydrogens is 552 g/mol. The molecule has 1 fully saturated rings. The number of rotatable bonds is 12. The van der Waals surface area contributed by atoms with E-state index in [1.54, 1.807) is 18.0 Å². The quantitative estimate of drug-likeness (QED) is 0.274. The van der Waals surface area contributed by atoms with Crippen molar-refractivity contribution < 1.29 is 19.5 Å². The summed E-state index contributed by atoms with van der Waals surface area (Å²) in [6, 6.07) is 23.0. The van der Waals surface area contributed by atoms with E-state index in [0.29, 0.717) is 45.2 Å². The summed E-state index contributed by atoms with van der Waals surface area (Å²) in [5.41, 5.74) is 7.56. The monoisotopic (exact) mass is 598 g/mol. The van der Waals surface area contributed by atoms with E-state index in [1.807, 2.05) is 86.6 Å². The fourth-order valence-corrected chi connectivity index (χ4v) is 5.56. The highest BCUT2D eigenvalue weighted by Gasteiger charge is 2.31. The first kappa shape index (κ1) is 32.9. The molecule has 8 nitrogen and oxygen atoms in total.